The molecule has 21 heavy (non-hydrogen) atoms. The highest BCUT2D eigenvalue weighted by molar-refractivity contribution is 9.10. The second kappa shape index (κ2) is 6.55. The highest BCUT2D eigenvalue weighted by Gasteiger charge is 2.38. The van der Waals surface area contributed by atoms with E-state index in [4.69, 9.17) is 10.00 Å². The number of amides is 1. The van der Waals surface area contributed by atoms with Crippen LogP contribution >= 0.6 is 15.9 Å². The molecule has 1 aliphatic rings. The summed E-state index contributed by atoms with van der Waals surface area (Å²) < 4.78 is 6.26. The van der Waals surface area contributed by atoms with Gasteiger partial charge in [-0.25, -0.2) is 0 Å². The first-order chi connectivity index (χ1) is 10.1. The average molecular weight is 349 g/mol. The molecule has 0 radical (unpaired) electrons. The topological polar surface area (TPSA) is 79.2 Å². The molecule has 5 nitrogen and oxygen atoms in total. The van der Waals surface area contributed by atoms with E-state index in [0.29, 0.717) is 11.3 Å². The summed E-state index contributed by atoms with van der Waals surface area (Å²) in [7, 11) is 0. The molecular formula is C15H13BrN2O3. The van der Waals surface area contributed by atoms with E-state index in [1.54, 1.807) is 18.2 Å². The van der Waals surface area contributed by atoms with Crippen LogP contribution in [0.15, 0.2) is 35.3 Å². The number of fused-ring (bicyclic) bond motifs is 1. The molecule has 0 bridgehead atoms. The molecule has 2 atom stereocenters. The van der Waals surface area contributed by atoms with E-state index in [0.717, 1.165) is 4.47 Å². The molecule has 1 aromatic rings. The SMILES string of the molecule is C=CCNC(=O)[C@H](C#N)C(=O)[C@@H]1COc2ccc(Br)cc21. The van der Waals surface area contributed by atoms with Crippen LogP contribution in [0.25, 0.3) is 0 Å². The first kappa shape index (κ1) is 15.3. The molecule has 0 saturated carbocycles. The minimum atomic E-state index is -1.34. The van der Waals surface area contributed by atoms with E-state index in [-0.39, 0.29) is 13.2 Å². The predicted molar refractivity (Wildman–Crippen MR) is 79.7 cm³/mol. The standard InChI is InChI=1S/C15H13BrN2O3/c1-2-5-18-15(20)11(7-17)14(19)12-8-21-13-4-3-9(16)6-10(12)13/h2-4,6,11-12H,1,5,8H2,(H,18,20)/t11-,12-/m1/s1. The number of halogens is 1. The molecule has 0 aromatic heterocycles. The number of hydrogen-bond donors (Lipinski definition) is 1. The van der Waals surface area contributed by atoms with Crippen LogP contribution in [0.1, 0.15) is 11.5 Å². The molecule has 1 aromatic carbocycles. The zero-order chi connectivity index (χ0) is 15.4. The van der Waals surface area contributed by atoms with Gasteiger partial charge in [-0.1, -0.05) is 22.0 Å². The minimum absolute atomic E-state index is 0.150. The number of carbonyl (C=O) groups excluding carboxylic acids is 2. The predicted octanol–water partition coefficient (Wildman–Crippen LogP) is 1.94. The highest BCUT2D eigenvalue weighted by atomic mass is 79.9. The van der Waals surface area contributed by atoms with Crippen molar-refractivity contribution in [2.75, 3.05) is 13.2 Å². The molecule has 0 saturated heterocycles. The van der Waals surface area contributed by atoms with Crippen molar-refractivity contribution in [3.63, 3.8) is 0 Å². The van der Waals surface area contributed by atoms with Crippen molar-refractivity contribution in [3.05, 3.63) is 40.9 Å². The van der Waals surface area contributed by atoms with Gasteiger partial charge in [-0.15, -0.1) is 6.58 Å². The van der Waals surface area contributed by atoms with Crippen molar-refractivity contribution in [2.45, 2.75) is 5.92 Å². The van der Waals surface area contributed by atoms with E-state index in [2.05, 4.69) is 27.8 Å². The number of hydrogen-bond acceptors (Lipinski definition) is 4. The lowest BCUT2D eigenvalue weighted by atomic mass is 9.89. The lowest BCUT2D eigenvalue weighted by Crippen LogP contribution is -2.37. The quantitative estimate of drug-likeness (QED) is 0.651. The van der Waals surface area contributed by atoms with E-state index in [1.165, 1.54) is 6.08 Å². The van der Waals surface area contributed by atoms with E-state index in [9.17, 15) is 9.59 Å². The number of nitriles is 1. The number of benzene rings is 1. The second-order valence-corrected chi connectivity index (χ2v) is 5.46. The van der Waals surface area contributed by atoms with Crippen molar-refractivity contribution >= 4 is 27.6 Å². The van der Waals surface area contributed by atoms with Crippen molar-refractivity contribution in [2.24, 2.45) is 5.92 Å². The Morgan fingerprint density at radius 1 is 1.62 bits per heavy atom. The zero-order valence-corrected chi connectivity index (χ0v) is 12.7. The van der Waals surface area contributed by atoms with Crippen molar-refractivity contribution in [1.29, 1.82) is 5.26 Å². The monoisotopic (exact) mass is 348 g/mol. The van der Waals surface area contributed by atoms with Crippen LogP contribution in [-0.2, 0) is 9.59 Å². The van der Waals surface area contributed by atoms with Crippen LogP contribution in [0.2, 0.25) is 0 Å². The van der Waals surface area contributed by atoms with Gasteiger partial charge in [0.2, 0.25) is 5.91 Å². The minimum Gasteiger partial charge on any atom is -0.492 e. The van der Waals surface area contributed by atoms with Crippen LogP contribution in [0.4, 0.5) is 0 Å². The van der Waals surface area contributed by atoms with Crippen molar-refractivity contribution < 1.29 is 14.3 Å². The summed E-state index contributed by atoms with van der Waals surface area (Å²) in [6.07, 6.45) is 1.49. The first-order valence-electron chi connectivity index (χ1n) is 6.32. The van der Waals surface area contributed by atoms with Gasteiger partial charge < -0.3 is 10.1 Å². The molecule has 2 rings (SSSR count). The van der Waals surface area contributed by atoms with E-state index >= 15 is 0 Å². The third-order valence-corrected chi connectivity index (χ3v) is 3.69. The first-order valence-corrected chi connectivity index (χ1v) is 7.12. The summed E-state index contributed by atoms with van der Waals surface area (Å²) in [6, 6.07) is 7.11. The van der Waals surface area contributed by atoms with Crippen LogP contribution < -0.4 is 10.1 Å². The highest BCUT2D eigenvalue weighted by Crippen LogP contribution is 2.37. The average Bonchev–Trinajstić information content (AvgIpc) is 2.88. The summed E-state index contributed by atoms with van der Waals surface area (Å²) in [5.74, 6) is -2.39. The summed E-state index contributed by atoms with van der Waals surface area (Å²) in [5.41, 5.74) is 0.700. The molecule has 0 spiro atoms. The second-order valence-electron chi connectivity index (χ2n) is 4.54. The zero-order valence-electron chi connectivity index (χ0n) is 11.1. The van der Waals surface area contributed by atoms with Gasteiger partial charge in [-0.2, -0.15) is 5.26 Å². The Bertz CT molecular complexity index is 636. The molecule has 0 unspecified atom stereocenters. The largest absolute Gasteiger partial charge is 0.492 e. The third-order valence-electron chi connectivity index (χ3n) is 3.19. The molecular weight excluding hydrogens is 336 g/mol. The fraction of sp³-hybridized carbons (Fsp3) is 0.267. The Morgan fingerprint density at radius 2 is 2.38 bits per heavy atom. The normalized spacial score (nSPS) is 17.0. The van der Waals surface area contributed by atoms with Crippen molar-refractivity contribution in [3.8, 4) is 11.8 Å². The number of ketones is 1. The lowest BCUT2D eigenvalue weighted by Gasteiger charge is -2.12. The van der Waals surface area contributed by atoms with Gasteiger partial charge in [0.15, 0.2) is 11.7 Å². The molecule has 0 aliphatic carbocycles. The summed E-state index contributed by atoms with van der Waals surface area (Å²) >= 11 is 3.34. The van der Waals surface area contributed by atoms with Gasteiger partial charge in [-0.3, -0.25) is 9.59 Å². The van der Waals surface area contributed by atoms with Crippen LogP contribution in [0.3, 0.4) is 0 Å². The fourth-order valence-electron chi connectivity index (χ4n) is 2.15. The Hall–Kier alpha value is -2.13. The molecule has 1 heterocycles. The van der Waals surface area contributed by atoms with E-state index < -0.39 is 23.5 Å². The maximum absolute atomic E-state index is 12.5. The van der Waals surface area contributed by atoms with Crippen LogP contribution in [-0.4, -0.2) is 24.8 Å². The molecule has 0 fully saturated rings. The van der Waals surface area contributed by atoms with Gasteiger partial charge in [0.25, 0.3) is 0 Å². The molecule has 6 heteroatoms. The van der Waals surface area contributed by atoms with Gasteiger partial charge in [0.05, 0.1) is 12.0 Å². The smallest absolute Gasteiger partial charge is 0.245 e. The molecule has 1 amide bonds. The number of rotatable bonds is 5. The third kappa shape index (κ3) is 3.14. The maximum atomic E-state index is 12.5. The van der Waals surface area contributed by atoms with Gasteiger partial charge >= 0.3 is 0 Å². The summed E-state index contributed by atoms with van der Waals surface area (Å²) in [5, 5.41) is 11.6. The number of nitrogens with one attached hydrogen (secondary N) is 1. The number of carbonyl (C=O) groups is 2. The van der Waals surface area contributed by atoms with E-state index in [1.807, 2.05) is 6.07 Å². The summed E-state index contributed by atoms with van der Waals surface area (Å²) in [6.45, 7) is 3.84. The Morgan fingerprint density at radius 3 is 3.05 bits per heavy atom. The Kier molecular flexibility index (Phi) is 4.76. The number of ether oxygens (including phenoxy) is 1. The number of nitrogens with zero attached hydrogens (tertiary/aromatic N) is 1. The maximum Gasteiger partial charge on any atom is 0.245 e. The van der Waals surface area contributed by atoms with Gasteiger partial charge in [0, 0.05) is 16.6 Å². The van der Waals surface area contributed by atoms with Crippen molar-refractivity contribution in [1.82, 2.24) is 5.32 Å². The number of Topliss-reactive ketones (excluding diaryl/α,β-unsaturated/α-hetero) is 1. The molecule has 1 N–H and O–H groups in total. The van der Waals surface area contributed by atoms with Crippen LogP contribution in [0, 0.1) is 17.2 Å². The lowest BCUT2D eigenvalue weighted by molar-refractivity contribution is -0.132. The Balaban J connectivity index is 2.21. The van der Waals surface area contributed by atoms with Crippen LogP contribution in [0.5, 0.6) is 5.75 Å². The fourth-order valence-corrected chi connectivity index (χ4v) is 2.53. The van der Waals surface area contributed by atoms with Gasteiger partial charge in [0.1, 0.15) is 12.4 Å². The Labute approximate surface area is 130 Å². The molecule has 1 aliphatic heterocycles. The van der Waals surface area contributed by atoms with Gasteiger partial charge in [-0.05, 0) is 18.2 Å². The summed E-state index contributed by atoms with van der Waals surface area (Å²) in [4.78, 5) is 24.3. The molecule has 108 valence electrons.